The molecule has 2 rings (SSSR count). The van der Waals surface area contributed by atoms with E-state index in [0.29, 0.717) is 48.6 Å². The van der Waals surface area contributed by atoms with Gasteiger partial charge in [0.05, 0.1) is 26.5 Å². The Morgan fingerprint density at radius 1 is 1.06 bits per heavy atom. The molecule has 33 heavy (non-hydrogen) atoms. The number of aromatic nitrogens is 1. The van der Waals surface area contributed by atoms with Crippen LogP contribution in [-0.4, -0.2) is 56.9 Å². The van der Waals surface area contributed by atoms with Gasteiger partial charge in [0, 0.05) is 36.6 Å². The van der Waals surface area contributed by atoms with Crippen LogP contribution in [-0.2, 0) is 6.54 Å². The first-order valence-electron chi connectivity index (χ1n) is 11.4. The number of nitrogens with one attached hydrogen (secondary N) is 2. The molecule has 2 aromatic rings. The first-order chi connectivity index (χ1) is 15.9. The van der Waals surface area contributed by atoms with Gasteiger partial charge in [0.15, 0.2) is 11.5 Å². The van der Waals surface area contributed by atoms with E-state index in [9.17, 15) is 4.79 Å². The molecule has 0 aliphatic heterocycles. The number of ether oxygens (including phenoxy) is 3. The minimum atomic E-state index is -0.318. The van der Waals surface area contributed by atoms with Gasteiger partial charge >= 0.3 is 6.03 Å². The van der Waals surface area contributed by atoms with E-state index in [-0.39, 0.29) is 6.03 Å². The number of hydrogen-bond acceptors (Lipinski definition) is 6. The summed E-state index contributed by atoms with van der Waals surface area (Å²) in [7, 11) is 5.66. The first-order valence-corrected chi connectivity index (χ1v) is 11.4. The molecule has 0 saturated carbocycles. The van der Waals surface area contributed by atoms with Crippen molar-refractivity contribution in [2.75, 3.05) is 46.3 Å². The number of anilines is 1. The highest BCUT2D eigenvalue weighted by atomic mass is 16.5. The van der Waals surface area contributed by atoms with Crippen LogP contribution < -0.4 is 24.8 Å². The van der Waals surface area contributed by atoms with Crippen LogP contribution in [0.5, 0.6) is 17.2 Å². The van der Waals surface area contributed by atoms with Crippen LogP contribution in [0, 0.1) is 5.92 Å². The Kier molecular flexibility index (Phi) is 11.3. The number of amides is 2. The minimum absolute atomic E-state index is 0.318. The summed E-state index contributed by atoms with van der Waals surface area (Å²) in [6.45, 7) is 6.85. The fraction of sp³-hybridized carbons (Fsp3) is 0.520. The molecule has 8 nitrogen and oxygen atoms in total. The van der Waals surface area contributed by atoms with Crippen LogP contribution in [0.4, 0.5) is 10.5 Å². The Morgan fingerprint density at radius 3 is 2.55 bits per heavy atom. The lowest BCUT2D eigenvalue weighted by atomic mass is 10.1. The summed E-state index contributed by atoms with van der Waals surface area (Å²) in [6.07, 6.45) is 6.34. The average Bonchev–Trinajstić information content (AvgIpc) is 2.78. The molecule has 1 aromatic heterocycles. The Hall–Kier alpha value is -3.00. The molecule has 0 aliphatic carbocycles. The lowest BCUT2D eigenvalue weighted by Gasteiger charge is -2.15. The van der Waals surface area contributed by atoms with Gasteiger partial charge in [-0.3, -0.25) is 4.98 Å². The number of benzene rings is 1. The van der Waals surface area contributed by atoms with Crippen LogP contribution in [0.2, 0.25) is 0 Å². The third kappa shape index (κ3) is 9.99. The highest BCUT2D eigenvalue weighted by Crippen LogP contribution is 2.30. The van der Waals surface area contributed by atoms with E-state index >= 15 is 0 Å². The predicted octanol–water partition coefficient (Wildman–Crippen LogP) is 4.56. The van der Waals surface area contributed by atoms with Crippen molar-refractivity contribution < 1.29 is 19.0 Å². The average molecular weight is 459 g/mol. The number of pyridine rings is 1. The van der Waals surface area contributed by atoms with E-state index in [1.165, 1.54) is 0 Å². The van der Waals surface area contributed by atoms with Gasteiger partial charge in [0.1, 0.15) is 5.75 Å². The normalized spacial score (nSPS) is 10.9. The second kappa shape index (κ2) is 14.2. The fourth-order valence-corrected chi connectivity index (χ4v) is 3.14. The van der Waals surface area contributed by atoms with Crippen molar-refractivity contribution in [3.05, 3.63) is 42.2 Å². The van der Waals surface area contributed by atoms with Crippen LogP contribution in [0.25, 0.3) is 0 Å². The summed E-state index contributed by atoms with van der Waals surface area (Å²) in [5.41, 5.74) is 1.50. The third-order valence-electron chi connectivity index (χ3n) is 4.92. The van der Waals surface area contributed by atoms with E-state index in [4.69, 9.17) is 14.2 Å². The molecule has 0 fully saturated rings. The van der Waals surface area contributed by atoms with Crippen molar-refractivity contribution in [2.45, 2.75) is 39.7 Å². The number of carbonyl (C=O) groups is 1. The van der Waals surface area contributed by atoms with Gasteiger partial charge in [-0.15, -0.1) is 0 Å². The molecule has 0 atom stereocenters. The Morgan fingerprint density at radius 2 is 1.82 bits per heavy atom. The van der Waals surface area contributed by atoms with Crippen LogP contribution >= 0.6 is 0 Å². The summed E-state index contributed by atoms with van der Waals surface area (Å²) in [4.78, 5) is 18.7. The van der Waals surface area contributed by atoms with Crippen molar-refractivity contribution in [2.24, 2.45) is 5.92 Å². The minimum Gasteiger partial charge on any atom is -0.493 e. The smallest absolute Gasteiger partial charge is 0.319 e. The quantitative estimate of drug-likeness (QED) is 0.404. The number of methoxy groups -OCH3 is 1. The van der Waals surface area contributed by atoms with Crippen molar-refractivity contribution in [1.82, 2.24) is 15.2 Å². The highest BCUT2D eigenvalue weighted by molar-refractivity contribution is 5.89. The second-order valence-electron chi connectivity index (χ2n) is 8.55. The summed E-state index contributed by atoms with van der Waals surface area (Å²) in [5.74, 6) is 2.56. The van der Waals surface area contributed by atoms with Gasteiger partial charge in [-0.25, -0.2) is 4.79 Å². The predicted molar refractivity (Wildman–Crippen MR) is 131 cm³/mol. The molecular formula is C25H38N4O4. The van der Waals surface area contributed by atoms with E-state index in [1.807, 2.05) is 20.2 Å². The molecule has 0 bridgehead atoms. The Bertz CT molecular complexity index is 858. The molecule has 1 heterocycles. The zero-order valence-electron chi connectivity index (χ0n) is 20.5. The van der Waals surface area contributed by atoms with Crippen molar-refractivity contribution in [3.63, 3.8) is 0 Å². The van der Waals surface area contributed by atoms with Gasteiger partial charge in [0.25, 0.3) is 0 Å². The maximum Gasteiger partial charge on any atom is 0.319 e. The largest absolute Gasteiger partial charge is 0.493 e. The van der Waals surface area contributed by atoms with Crippen molar-refractivity contribution >= 4 is 11.7 Å². The van der Waals surface area contributed by atoms with Crippen LogP contribution in [0.1, 0.15) is 38.7 Å². The Labute approximate surface area is 197 Å². The summed E-state index contributed by atoms with van der Waals surface area (Å²) in [5, 5.41) is 5.72. The van der Waals surface area contributed by atoms with E-state index in [1.54, 1.807) is 37.7 Å². The van der Waals surface area contributed by atoms with Crippen molar-refractivity contribution in [3.8, 4) is 17.2 Å². The number of carbonyl (C=O) groups excluding carboxylic acids is 1. The van der Waals surface area contributed by atoms with Crippen molar-refractivity contribution in [1.29, 1.82) is 0 Å². The molecule has 0 radical (unpaired) electrons. The molecule has 0 spiro atoms. The van der Waals surface area contributed by atoms with Gasteiger partial charge in [-0.2, -0.15) is 0 Å². The first kappa shape index (κ1) is 26.3. The molecule has 0 unspecified atom stereocenters. The topological polar surface area (TPSA) is 85.0 Å². The number of rotatable bonds is 14. The van der Waals surface area contributed by atoms with Crippen LogP contribution in [0.3, 0.4) is 0 Å². The molecule has 1 aromatic carbocycles. The van der Waals surface area contributed by atoms with E-state index in [2.05, 4.69) is 34.4 Å². The number of nitrogens with zero attached hydrogens (tertiary/aromatic N) is 2. The number of hydrogen-bond donors (Lipinski definition) is 2. The zero-order valence-corrected chi connectivity index (χ0v) is 20.5. The summed E-state index contributed by atoms with van der Waals surface area (Å²) >= 11 is 0. The fourth-order valence-electron chi connectivity index (χ4n) is 3.14. The molecule has 182 valence electrons. The van der Waals surface area contributed by atoms with Gasteiger partial charge in [0.2, 0.25) is 0 Å². The van der Waals surface area contributed by atoms with E-state index in [0.717, 1.165) is 31.4 Å². The summed E-state index contributed by atoms with van der Waals surface area (Å²) < 4.78 is 17.1. The van der Waals surface area contributed by atoms with Gasteiger partial charge < -0.3 is 29.7 Å². The highest BCUT2D eigenvalue weighted by Gasteiger charge is 2.10. The van der Waals surface area contributed by atoms with Gasteiger partial charge in [-0.05, 0) is 57.5 Å². The third-order valence-corrected chi connectivity index (χ3v) is 4.92. The summed E-state index contributed by atoms with van der Waals surface area (Å²) in [6, 6.07) is 6.87. The lowest BCUT2D eigenvalue weighted by Crippen LogP contribution is -2.28. The zero-order chi connectivity index (χ0) is 24.1. The molecule has 2 amide bonds. The molecular weight excluding hydrogens is 420 g/mol. The molecule has 0 aliphatic rings. The molecule has 8 heteroatoms. The molecule has 0 saturated heterocycles. The maximum absolute atomic E-state index is 12.5. The lowest BCUT2D eigenvalue weighted by molar-refractivity contribution is 0.251. The maximum atomic E-state index is 12.5. The molecule has 2 N–H and O–H groups in total. The SMILES string of the molecule is COc1ccc(NC(=O)NCc2ccncc2OCCCN(C)C)cc1OCCCC(C)C. The Balaban J connectivity index is 1.88. The van der Waals surface area contributed by atoms with E-state index < -0.39 is 0 Å². The standard InChI is InChI=1S/C25H38N4O4/c1-19(2)8-6-14-32-23-16-21(9-10-22(23)31-5)28-25(30)27-17-20-11-12-26-18-24(20)33-15-7-13-29(3)4/h9-12,16,18-19H,6-8,13-15,17H2,1-5H3,(H2,27,28,30). The monoisotopic (exact) mass is 458 g/mol. The second-order valence-corrected chi connectivity index (χ2v) is 8.55. The van der Waals surface area contributed by atoms with Gasteiger partial charge in [-0.1, -0.05) is 13.8 Å². The number of urea groups is 1. The van der Waals surface area contributed by atoms with Crippen LogP contribution in [0.15, 0.2) is 36.7 Å².